The number of aryl methyl sites for hydroxylation is 2. The molecule has 0 aliphatic rings. The Balaban J connectivity index is 1.77. The average Bonchev–Trinajstić information content (AvgIpc) is 3.00. The highest BCUT2D eigenvalue weighted by molar-refractivity contribution is 6.09. The highest BCUT2D eigenvalue weighted by Crippen LogP contribution is 2.17. The lowest BCUT2D eigenvalue weighted by Gasteiger charge is -2.13. The molecule has 2 N–H and O–H groups in total. The smallest absolute Gasteiger partial charge is 0.257 e. The van der Waals surface area contributed by atoms with Gasteiger partial charge in [0.1, 0.15) is 0 Å². The number of nitrogens with one attached hydrogen (secondary N) is 2. The van der Waals surface area contributed by atoms with Crippen LogP contribution in [0.1, 0.15) is 52.6 Å². The molecule has 0 atom stereocenters. The average molecular weight is 418 g/mol. The van der Waals surface area contributed by atoms with E-state index in [1.807, 2.05) is 49.0 Å². The largest absolute Gasteiger partial charge is 0.326 e. The van der Waals surface area contributed by atoms with E-state index < -0.39 is 0 Å². The molecule has 0 fully saturated rings. The van der Waals surface area contributed by atoms with Gasteiger partial charge in [0.15, 0.2) is 0 Å². The molecule has 2 aromatic carbocycles. The molecule has 162 valence electrons. The summed E-state index contributed by atoms with van der Waals surface area (Å²) < 4.78 is 1.89. The van der Waals surface area contributed by atoms with Crippen molar-refractivity contribution in [3.63, 3.8) is 0 Å². The Kier molecular flexibility index (Phi) is 7.23. The quantitative estimate of drug-likeness (QED) is 0.455. The van der Waals surface area contributed by atoms with Crippen LogP contribution in [0.2, 0.25) is 0 Å². The van der Waals surface area contributed by atoms with Crippen LogP contribution in [0.3, 0.4) is 0 Å². The number of nitrogens with zero attached hydrogens (tertiary/aromatic N) is 3. The van der Waals surface area contributed by atoms with Crippen molar-refractivity contribution in [1.29, 1.82) is 0 Å². The van der Waals surface area contributed by atoms with Crippen molar-refractivity contribution in [3.05, 3.63) is 82.7 Å². The van der Waals surface area contributed by atoms with Crippen molar-refractivity contribution in [2.75, 3.05) is 11.9 Å². The predicted octanol–water partition coefficient (Wildman–Crippen LogP) is 4.60. The third kappa shape index (κ3) is 5.81. The lowest BCUT2D eigenvalue weighted by Crippen LogP contribution is -2.36. The van der Waals surface area contributed by atoms with Crippen LogP contribution in [-0.4, -0.2) is 28.2 Å². The topological polar surface area (TPSA) is 71.3 Å². The molecule has 0 radical (unpaired) electrons. The third-order valence-corrected chi connectivity index (χ3v) is 5.40. The second-order valence-corrected chi connectivity index (χ2v) is 7.98. The van der Waals surface area contributed by atoms with E-state index in [2.05, 4.69) is 53.6 Å². The van der Waals surface area contributed by atoms with E-state index in [4.69, 9.17) is 0 Å². The standard InChI is InChI=1S/C25H31N5O/c1-17(2)20-11-13-22(14-12-20)27-25(28-24(31)21-9-7-6-8-10-21)26-16-15-23-18(3)29-30(5)19(23)4/h6-14,17H,15-16H2,1-5H3,(H2,26,27,28,31). The Morgan fingerprint density at radius 3 is 2.32 bits per heavy atom. The van der Waals surface area contributed by atoms with E-state index in [0.717, 1.165) is 23.5 Å². The maximum Gasteiger partial charge on any atom is 0.257 e. The highest BCUT2D eigenvalue weighted by atomic mass is 16.1. The van der Waals surface area contributed by atoms with Gasteiger partial charge in [-0.1, -0.05) is 44.2 Å². The number of carbonyl (C=O) groups is 1. The predicted molar refractivity (Wildman–Crippen MR) is 127 cm³/mol. The molecule has 1 amide bonds. The number of guanidine groups is 1. The van der Waals surface area contributed by atoms with Crippen LogP contribution in [0, 0.1) is 13.8 Å². The van der Waals surface area contributed by atoms with Crippen LogP contribution < -0.4 is 10.6 Å². The summed E-state index contributed by atoms with van der Waals surface area (Å²) in [4.78, 5) is 17.4. The van der Waals surface area contributed by atoms with Crippen LogP contribution in [0.5, 0.6) is 0 Å². The molecule has 1 aromatic heterocycles. The van der Waals surface area contributed by atoms with Gasteiger partial charge in [-0.15, -0.1) is 0 Å². The molecule has 0 saturated heterocycles. The number of rotatable bonds is 6. The Hall–Kier alpha value is -3.41. The van der Waals surface area contributed by atoms with Crippen LogP contribution >= 0.6 is 0 Å². The second-order valence-electron chi connectivity index (χ2n) is 7.98. The van der Waals surface area contributed by atoms with Crippen LogP contribution in [0.15, 0.2) is 59.6 Å². The normalized spacial score (nSPS) is 11.6. The minimum absolute atomic E-state index is 0.195. The molecule has 0 bridgehead atoms. The Morgan fingerprint density at radius 2 is 1.74 bits per heavy atom. The number of aliphatic imine (C=N–C) groups is 1. The minimum Gasteiger partial charge on any atom is -0.326 e. The van der Waals surface area contributed by atoms with Gasteiger partial charge in [0.05, 0.1) is 5.69 Å². The van der Waals surface area contributed by atoms with Gasteiger partial charge in [0.25, 0.3) is 5.91 Å². The molecule has 3 rings (SSSR count). The molecular weight excluding hydrogens is 386 g/mol. The van der Waals surface area contributed by atoms with E-state index in [0.29, 0.717) is 24.0 Å². The number of hydrogen-bond acceptors (Lipinski definition) is 3. The zero-order valence-corrected chi connectivity index (χ0v) is 18.9. The van der Waals surface area contributed by atoms with Gasteiger partial charge in [-0.25, -0.2) is 0 Å². The van der Waals surface area contributed by atoms with E-state index in [-0.39, 0.29) is 5.91 Å². The summed E-state index contributed by atoms with van der Waals surface area (Å²) in [6.07, 6.45) is 0.754. The number of anilines is 1. The van der Waals surface area contributed by atoms with Crippen LogP contribution in [0.4, 0.5) is 5.69 Å². The second kappa shape index (κ2) is 10.1. The molecular formula is C25H31N5O. The summed E-state index contributed by atoms with van der Waals surface area (Å²) in [5.41, 5.74) is 6.08. The first kappa shape index (κ1) is 22.3. The molecule has 3 aromatic rings. The summed E-state index contributed by atoms with van der Waals surface area (Å²) in [6, 6.07) is 17.3. The summed E-state index contributed by atoms with van der Waals surface area (Å²) in [7, 11) is 1.95. The third-order valence-electron chi connectivity index (χ3n) is 5.40. The number of benzene rings is 2. The van der Waals surface area contributed by atoms with Crippen molar-refractivity contribution in [1.82, 2.24) is 15.1 Å². The Bertz CT molecular complexity index is 1050. The highest BCUT2D eigenvalue weighted by Gasteiger charge is 2.11. The fourth-order valence-electron chi connectivity index (χ4n) is 3.43. The maximum atomic E-state index is 12.7. The van der Waals surface area contributed by atoms with Gasteiger partial charge >= 0.3 is 0 Å². The van der Waals surface area contributed by atoms with Crippen molar-refractivity contribution >= 4 is 17.6 Å². The summed E-state index contributed by atoms with van der Waals surface area (Å²) in [5, 5.41) is 10.7. The fourth-order valence-corrected chi connectivity index (χ4v) is 3.43. The van der Waals surface area contributed by atoms with Crippen LogP contribution in [-0.2, 0) is 13.5 Å². The summed E-state index contributed by atoms with van der Waals surface area (Å²) in [5.74, 6) is 0.704. The molecule has 0 unspecified atom stereocenters. The summed E-state index contributed by atoms with van der Waals surface area (Å²) >= 11 is 0. The van der Waals surface area contributed by atoms with Crippen LogP contribution in [0.25, 0.3) is 0 Å². The van der Waals surface area contributed by atoms with E-state index in [1.165, 1.54) is 11.1 Å². The van der Waals surface area contributed by atoms with Crippen molar-refractivity contribution < 1.29 is 4.79 Å². The molecule has 6 heteroatoms. The van der Waals surface area contributed by atoms with Gasteiger partial charge in [0.2, 0.25) is 5.96 Å². The summed E-state index contributed by atoms with van der Waals surface area (Å²) in [6.45, 7) is 8.94. The molecule has 1 heterocycles. The van der Waals surface area contributed by atoms with Gasteiger partial charge in [0, 0.05) is 30.5 Å². The van der Waals surface area contributed by atoms with Gasteiger partial charge in [-0.05, 0) is 61.6 Å². The van der Waals surface area contributed by atoms with Gasteiger partial charge in [-0.3, -0.25) is 19.8 Å². The monoisotopic (exact) mass is 417 g/mol. The first-order chi connectivity index (χ1) is 14.8. The van der Waals surface area contributed by atoms with Crippen molar-refractivity contribution in [3.8, 4) is 0 Å². The SMILES string of the molecule is Cc1nn(C)c(C)c1CCN=C(NC(=O)c1ccccc1)Nc1ccc(C(C)C)cc1. The molecule has 6 nitrogen and oxygen atoms in total. The zero-order valence-electron chi connectivity index (χ0n) is 18.9. The lowest BCUT2D eigenvalue weighted by molar-refractivity contribution is 0.0977. The van der Waals surface area contributed by atoms with E-state index in [1.54, 1.807) is 12.1 Å². The Labute approximate surface area is 184 Å². The molecule has 0 aliphatic heterocycles. The zero-order chi connectivity index (χ0) is 22.4. The Morgan fingerprint density at radius 1 is 1.06 bits per heavy atom. The number of amides is 1. The van der Waals surface area contributed by atoms with E-state index >= 15 is 0 Å². The lowest BCUT2D eigenvalue weighted by atomic mass is 10.0. The van der Waals surface area contributed by atoms with Crippen molar-refractivity contribution in [2.24, 2.45) is 12.0 Å². The molecule has 31 heavy (non-hydrogen) atoms. The molecule has 0 spiro atoms. The number of aromatic nitrogens is 2. The van der Waals surface area contributed by atoms with E-state index in [9.17, 15) is 4.79 Å². The number of carbonyl (C=O) groups excluding carboxylic acids is 1. The molecule has 0 saturated carbocycles. The molecule has 0 aliphatic carbocycles. The fraction of sp³-hybridized carbons (Fsp3) is 0.320. The number of hydrogen-bond donors (Lipinski definition) is 2. The van der Waals surface area contributed by atoms with Gasteiger partial charge < -0.3 is 5.32 Å². The minimum atomic E-state index is -0.195. The maximum absolute atomic E-state index is 12.7. The van der Waals surface area contributed by atoms with Crippen molar-refractivity contribution in [2.45, 2.75) is 40.0 Å². The van der Waals surface area contributed by atoms with Gasteiger partial charge in [-0.2, -0.15) is 5.10 Å². The first-order valence-corrected chi connectivity index (χ1v) is 10.6. The first-order valence-electron chi connectivity index (χ1n) is 10.6.